The van der Waals surface area contributed by atoms with Crippen molar-refractivity contribution in [3.8, 4) is 5.75 Å². The molecule has 1 saturated heterocycles. The van der Waals surface area contributed by atoms with E-state index in [0.29, 0.717) is 23.9 Å². The summed E-state index contributed by atoms with van der Waals surface area (Å²) in [6.07, 6.45) is 4.84. The molecular formula is C23H30N4O4. The first kappa shape index (κ1) is 22.5. The van der Waals surface area contributed by atoms with E-state index in [1.165, 1.54) is 11.3 Å². The highest BCUT2D eigenvalue weighted by Crippen LogP contribution is 2.27. The molecule has 0 bridgehead atoms. The van der Waals surface area contributed by atoms with Gasteiger partial charge < -0.3 is 20.4 Å². The number of nitrogens with one attached hydrogen (secondary N) is 1. The van der Waals surface area contributed by atoms with Crippen LogP contribution in [-0.4, -0.2) is 51.7 Å². The second-order valence-electron chi connectivity index (χ2n) is 8.05. The third-order valence-electron chi connectivity index (χ3n) is 5.65. The van der Waals surface area contributed by atoms with Crippen LogP contribution in [0.15, 0.2) is 24.3 Å². The van der Waals surface area contributed by atoms with Crippen LogP contribution in [-0.2, 0) is 17.6 Å². The molecule has 1 aromatic heterocycles. The molecule has 0 unspecified atom stereocenters. The zero-order valence-corrected chi connectivity index (χ0v) is 18.1. The average Bonchev–Trinajstić information content (AvgIpc) is 2.76. The normalized spacial score (nSPS) is 14.5. The third kappa shape index (κ3) is 5.93. The highest BCUT2D eigenvalue weighted by Gasteiger charge is 2.23. The maximum absolute atomic E-state index is 12.2. The Bertz CT molecular complexity index is 922. The number of benzene rings is 1. The van der Waals surface area contributed by atoms with Crippen molar-refractivity contribution in [1.29, 1.82) is 0 Å². The van der Waals surface area contributed by atoms with Crippen molar-refractivity contribution in [2.24, 2.45) is 5.92 Å². The van der Waals surface area contributed by atoms with E-state index in [4.69, 9.17) is 5.11 Å². The molecule has 8 heteroatoms. The number of nitrogens with zero attached hydrogens (tertiary/aromatic N) is 3. The number of carboxylic acid groups (broad SMARTS) is 1. The van der Waals surface area contributed by atoms with E-state index in [1.807, 2.05) is 0 Å². The average molecular weight is 427 g/mol. The van der Waals surface area contributed by atoms with Gasteiger partial charge in [0.2, 0.25) is 0 Å². The van der Waals surface area contributed by atoms with Gasteiger partial charge in [-0.3, -0.25) is 9.59 Å². The van der Waals surface area contributed by atoms with Crippen molar-refractivity contribution < 1.29 is 19.8 Å². The van der Waals surface area contributed by atoms with E-state index in [9.17, 15) is 14.7 Å². The van der Waals surface area contributed by atoms with Gasteiger partial charge in [-0.15, -0.1) is 0 Å². The number of aromatic nitrogens is 2. The summed E-state index contributed by atoms with van der Waals surface area (Å²) in [6, 6.07) is 8.80. The summed E-state index contributed by atoms with van der Waals surface area (Å²) >= 11 is 0. The molecule has 0 aliphatic carbocycles. The minimum atomic E-state index is -1.16. The van der Waals surface area contributed by atoms with Crippen molar-refractivity contribution in [1.82, 2.24) is 15.3 Å². The first-order chi connectivity index (χ1) is 14.9. The number of piperidine rings is 1. The maximum Gasteiger partial charge on any atom is 0.322 e. The Morgan fingerprint density at radius 1 is 1.16 bits per heavy atom. The molecule has 166 valence electrons. The second kappa shape index (κ2) is 10.2. The summed E-state index contributed by atoms with van der Waals surface area (Å²) in [5, 5.41) is 21.1. The highest BCUT2D eigenvalue weighted by molar-refractivity contribution is 5.96. The zero-order chi connectivity index (χ0) is 22.4. The molecule has 31 heavy (non-hydrogen) atoms. The fourth-order valence-corrected chi connectivity index (χ4v) is 3.93. The molecule has 0 spiro atoms. The largest absolute Gasteiger partial charge is 0.504 e. The SMILES string of the molecule is CCCc1ccc(N2CCC(Cc3nc(C)c(O)c(C(=O)NCC(=O)O)n3)CC2)cc1. The van der Waals surface area contributed by atoms with Gasteiger partial charge in [-0.05, 0) is 49.8 Å². The predicted molar refractivity (Wildman–Crippen MR) is 117 cm³/mol. The first-order valence-corrected chi connectivity index (χ1v) is 10.8. The number of carbonyl (C=O) groups is 2. The summed E-state index contributed by atoms with van der Waals surface area (Å²) in [6.45, 7) is 5.15. The van der Waals surface area contributed by atoms with E-state index < -0.39 is 18.4 Å². The molecule has 2 heterocycles. The number of amides is 1. The number of hydrogen-bond donors (Lipinski definition) is 3. The fourth-order valence-electron chi connectivity index (χ4n) is 3.93. The predicted octanol–water partition coefficient (Wildman–Crippen LogP) is 2.72. The summed E-state index contributed by atoms with van der Waals surface area (Å²) in [5.74, 6) is -1.31. The Morgan fingerprint density at radius 2 is 1.84 bits per heavy atom. The van der Waals surface area contributed by atoms with Crippen LogP contribution in [0.2, 0.25) is 0 Å². The summed E-state index contributed by atoms with van der Waals surface area (Å²) in [5.41, 5.74) is 2.75. The Kier molecular flexibility index (Phi) is 7.44. The number of aromatic hydroxyl groups is 1. The number of rotatable bonds is 8. The Labute approximate surface area is 182 Å². The second-order valence-corrected chi connectivity index (χ2v) is 8.05. The minimum Gasteiger partial charge on any atom is -0.504 e. The lowest BCUT2D eigenvalue weighted by Crippen LogP contribution is -2.34. The number of aliphatic carboxylic acids is 1. The van der Waals surface area contributed by atoms with Crippen LogP contribution in [0.5, 0.6) is 5.75 Å². The molecule has 1 aliphatic rings. The van der Waals surface area contributed by atoms with Gasteiger partial charge in [-0.25, -0.2) is 9.97 Å². The number of anilines is 1. The van der Waals surface area contributed by atoms with Crippen molar-refractivity contribution in [3.05, 3.63) is 47.0 Å². The lowest BCUT2D eigenvalue weighted by Gasteiger charge is -2.33. The third-order valence-corrected chi connectivity index (χ3v) is 5.65. The molecular weight excluding hydrogens is 396 g/mol. The van der Waals surface area contributed by atoms with Crippen LogP contribution in [0.25, 0.3) is 0 Å². The highest BCUT2D eigenvalue weighted by atomic mass is 16.4. The van der Waals surface area contributed by atoms with Crippen molar-refractivity contribution in [2.45, 2.75) is 46.0 Å². The van der Waals surface area contributed by atoms with Crippen LogP contribution in [0, 0.1) is 12.8 Å². The first-order valence-electron chi connectivity index (χ1n) is 10.8. The lowest BCUT2D eigenvalue weighted by molar-refractivity contribution is -0.135. The summed E-state index contributed by atoms with van der Waals surface area (Å²) in [4.78, 5) is 33.8. The molecule has 0 saturated carbocycles. The zero-order valence-electron chi connectivity index (χ0n) is 18.1. The molecule has 3 N–H and O–H groups in total. The lowest BCUT2D eigenvalue weighted by atomic mass is 9.92. The van der Waals surface area contributed by atoms with Crippen LogP contribution in [0.3, 0.4) is 0 Å². The van der Waals surface area contributed by atoms with Crippen LogP contribution in [0.4, 0.5) is 5.69 Å². The number of carbonyl (C=O) groups excluding carboxylic acids is 1. The van der Waals surface area contributed by atoms with Crippen molar-refractivity contribution in [2.75, 3.05) is 24.5 Å². The van der Waals surface area contributed by atoms with Gasteiger partial charge in [0.05, 0.1) is 5.69 Å². The standard InChI is InChI=1S/C23H30N4O4/c1-3-4-16-5-7-18(8-6-16)27-11-9-17(10-12-27)13-19-25-15(2)22(30)21(26-19)23(31)24-14-20(28)29/h5-8,17,30H,3-4,9-14H2,1-2H3,(H,24,31)(H,28,29). The minimum absolute atomic E-state index is 0.173. The van der Waals surface area contributed by atoms with Crippen LogP contribution >= 0.6 is 0 Å². The van der Waals surface area contributed by atoms with E-state index in [2.05, 4.69) is 51.4 Å². The van der Waals surface area contributed by atoms with Gasteiger partial charge >= 0.3 is 5.97 Å². The number of carboxylic acids is 1. The molecule has 1 amide bonds. The van der Waals surface area contributed by atoms with Crippen LogP contribution < -0.4 is 10.2 Å². The quantitative estimate of drug-likeness (QED) is 0.594. The summed E-state index contributed by atoms with van der Waals surface area (Å²) < 4.78 is 0. The Hall–Kier alpha value is -3.16. The van der Waals surface area contributed by atoms with Gasteiger partial charge in [0.15, 0.2) is 11.4 Å². The van der Waals surface area contributed by atoms with Crippen molar-refractivity contribution in [3.63, 3.8) is 0 Å². The summed E-state index contributed by atoms with van der Waals surface area (Å²) in [7, 11) is 0. The molecule has 2 aromatic rings. The van der Waals surface area contributed by atoms with Gasteiger partial charge in [0.1, 0.15) is 12.4 Å². The van der Waals surface area contributed by atoms with Gasteiger partial charge in [-0.2, -0.15) is 0 Å². The number of hydrogen-bond acceptors (Lipinski definition) is 6. The van der Waals surface area contributed by atoms with E-state index in [0.717, 1.165) is 38.8 Å². The van der Waals surface area contributed by atoms with Crippen molar-refractivity contribution >= 4 is 17.6 Å². The maximum atomic E-state index is 12.2. The Morgan fingerprint density at radius 3 is 2.45 bits per heavy atom. The van der Waals surface area contributed by atoms with Crippen LogP contribution in [0.1, 0.15) is 53.8 Å². The Balaban J connectivity index is 1.61. The molecule has 0 radical (unpaired) electrons. The monoisotopic (exact) mass is 426 g/mol. The van der Waals surface area contributed by atoms with Gasteiger partial charge in [0, 0.05) is 25.2 Å². The van der Waals surface area contributed by atoms with Gasteiger partial charge in [-0.1, -0.05) is 25.5 Å². The molecule has 8 nitrogen and oxygen atoms in total. The fraction of sp³-hybridized carbons (Fsp3) is 0.478. The van der Waals surface area contributed by atoms with E-state index in [1.54, 1.807) is 6.92 Å². The van der Waals surface area contributed by atoms with E-state index in [-0.39, 0.29) is 11.4 Å². The number of aryl methyl sites for hydroxylation is 2. The smallest absolute Gasteiger partial charge is 0.322 e. The molecule has 1 aliphatic heterocycles. The molecule has 0 atom stereocenters. The van der Waals surface area contributed by atoms with E-state index >= 15 is 0 Å². The molecule has 3 rings (SSSR count). The molecule has 1 fully saturated rings. The topological polar surface area (TPSA) is 116 Å². The van der Waals surface area contributed by atoms with Gasteiger partial charge in [0.25, 0.3) is 5.91 Å². The molecule has 1 aromatic carbocycles.